The average Bonchev–Trinajstić information content (AvgIpc) is 3.26. The smallest absolute Gasteiger partial charge is 0.270 e. The topological polar surface area (TPSA) is 132 Å². The van der Waals surface area contributed by atoms with E-state index in [9.17, 15) is 19.7 Å². The molecule has 0 atom stereocenters. The van der Waals surface area contributed by atoms with Crippen molar-refractivity contribution >= 4 is 28.5 Å². The first-order chi connectivity index (χ1) is 15.5. The molecule has 0 spiro atoms. The molecule has 10 nitrogen and oxygen atoms in total. The van der Waals surface area contributed by atoms with Gasteiger partial charge in [0, 0.05) is 30.4 Å². The Morgan fingerprint density at radius 1 is 1.00 bits per heavy atom. The number of hydrogen-bond acceptors (Lipinski definition) is 6. The third-order valence-corrected chi connectivity index (χ3v) is 4.73. The first-order valence-corrected chi connectivity index (χ1v) is 9.68. The number of carbonyl (C=O) groups excluding carboxylic acids is 2. The highest BCUT2D eigenvalue weighted by Crippen LogP contribution is 2.16. The summed E-state index contributed by atoms with van der Waals surface area (Å²) in [6.45, 7) is -0.0163. The molecule has 2 amide bonds. The molecule has 2 aromatic heterocycles. The Kier molecular flexibility index (Phi) is 5.84. The van der Waals surface area contributed by atoms with Crippen LogP contribution in [0.2, 0.25) is 0 Å². The normalized spacial score (nSPS) is 10.6. The quantitative estimate of drug-likeness (QED) is 0.342. The second-order valence-corrected chi connectivity index (χ2v) is 6.89. The fourth-order valence-corrected chi connectivity index (χ4v) is 3.09. The summed E-state index contributed by atoms with van der Waals surface area (Å²) in [5.41, 5.74) is 2.52. The van der Waals surface area contributed by atoms with E-state index in [0.717, 1.165) is 22.7 Å². The van der Waals surface area contributed by atoms with Crippen LogP contribution >= 0.6 is 0 Å². The number of carbonyl (C=O) groups is 2. The molecule has 10 heteroatoms. The molecule has 0 unspecified atom stereocenters. The maximum absolute atomic E-state index is 12.1. The van der Waals surface area contributed by atoms with Crippen LogP contribution in [0.4, 0.5) is 5.69 Å². The van der Waals surface area contributed by atoms with Crippen molar-refractivity contribution in [3.63, 3.8) is 0 Å². The molecule has 0 aliphatic carbocycles. The van der Waals surface area contributed by atoms with Crippen LogP contribution < -0.4 is 10.6 Å². The number of hydrogen-bond donors (Lipinski definition) is 2. The molecular formula is C22H18N6O4. The summed E-state index contributed by atoms with van der Waals surface area (Å²) in [6, 6.07) is 16.7. The van der Waals surface area contributed by atoms with Gasteiger partial charge in [0.1, 0.15) is 12.1 Å². The van der Waals surface area contributed by atoms with Crippen LogP contribution in [0.1, 0.15) is 15.9 Å². The summed E-state index contributed by atoms with van der Waals surface area (Å²) in [6.07, 6.45) is 3.37. The summed E-state index contributed by atoms with van der Waals surface area (Å²) in [5, 5.41) is 16.0. The number of aromatic nitrogens is 3. The van der Waals surface area contributed by atoms with Crippen LogP contribution in [0.25, 0.3) is 16.9 Å². The number of nitro benzene ring substituents is 1. The number of non-ortho nitro benzene ring substituents is 1. The van der Waals surface area contributed by atoms with E-state index in [4.69, 9.17) is 0 Å². The number of imidazole rings is 1. The number of nitro groups is 1. The SMILES string of the molecule is O=C(CNC(=O)c1cccc([N+](=O)[O-])c1)NCc1ccc(-n2cnc3ccccc32)nc1. The number of nitrogens with zero attached hydrogens (tertiary/aromatic N) is 4. The van der Waals surface area contributed by atoms with Gasteiger partial charge < -0.3 is 10.6 Å². The van der Waals surface area contributed by atoms with Gasteiger partial charge in [0.25, 0.3) is 11.6 Å². The molecule has 0 aliphatic heterocycles. The molecule has 0 saturated carbocycles. The van der Waals surface area contributed by atoms with Crippen molar-refractivity contribution in [1.29, 1.82) is 0 Å². The number of benzene rings is 2. The molecule has 0 saturated heterocycles. The molecule has 4 aromatic rings. The van der Waals surface area contributed by atoms with Crippen molar-refractivity contribution in [2.45, 2.75) is 6.54 Å². The van der Waals surface area contributed by atoms with E-state index in [0.29, 0.717) is 5.82 Å². The Bertz CT molecular complexity index is 1300. The predicted octanol–water partition coefficient (Wildman–Crippen LogP) is 2.37. The van der Waals surface area contributed by atoms with Crippen molar-refractivity contribution in [3.8, 4) is 5.82 Å². The van der Waals surface area contributed by atoms with Gasteiger partial charge in [-0.1, -0.05) is 24.3 Å². The molecule has 2 aromatic carbocycles. The van der Waals surface area contributed by atoms with Crippen LogP contribution in [-0.4, -0.2) is 37.8 Å². The van der Waals surface area contributed by atoms with Crippen molar-refractivity contribution in [3.05, 3.63) is 94.4 Å². The van der Waals surface area contributed by atoms with Crippen molar-refractivity contribution in [2.75, 3.05) is 6.54 Å². The average molecular weight is 430 g/mol. The Morgan fingerprint density at radius 2 is 1.84 bits per heavy atom. The van der Waals surface area contributed by atoms with Crippen LogP contribution in [0.15, 0.2) is 73.2 Å². The summed E-state index contributed by atoms with van der Waals surface area (Å²) in [5.74, 6) is -0.256. The largest absolute Gasteiger partial charge is 0.350 e. The van der Waals surface area contributed by atoms with Crippen molar-refractivity contribution in [2.24, 2.45) is 0 Å². The lowest BCUT2D eigenvalue weighted by Crippen LogP contribution is -2.36. The van der Waals surface area contributed by atoms with Crippen LogP contribution in [0, 0.1) is 10.1 Å². The van der Waals surface area contributed by atoms with Gasteiger partial charge in [-0.3, -0.25) is 24.3 Å². The van der Waals surface area contributed by atoms with E-state index in [2.05, 4.69) is 20.6 Å². The maximum atomic E-state index is 12.1. The third-order valence-electron chi connectivity index (χ3n) is 4.73. The highest BCUT2D eigenvalue weighted by molar-refractivity contribution is 5.96. The summed E-state index contributed by atoms with van der Waals surface area (Å²) < 4.78 is 1.88. The van der Waals surface area contributed by atoms with Gasteiger partial charge in [0.05, 0.1) is 22.5 Å². The molecule has 0 bridgehead atoms. The van der Waals surface area contributed by atoms with E-state index in [1.165, 1.54) is 18.2 Å². The molecule has 0 radical (unpaired) electrons. The summed E-state index contributed by atoms with van der Waals surface area (Å²) in [4.78, 5) is 43.2. The van der Waals surface area contributed by atoms with Gasteiger partial charge in [-0.05, 0) is 29.8 Å². The minimum absolute atomic E-state index is 0.110. The fourth-order valence-electron chi connectivity index (χ4n) is 3.09. The van der Waals surface area contributed by atoms with Gasteiger partial charge in [-0.15, -0.1) is 0 Å². The van der Waals surface area contributed by atoms with E-state index in [1.807, 2.05) is 41.0 Å². The Morgan fingerprint density at radius 3 is 2.62 bits per heavy atom. The van der Waals surface area contributed by atoms with Crippen molar-refractivity contribution in [1.82, 2.24) is 25.2 Å². The lowest BCUT2D eigenvalue weighted by atomic mass is 10.2. The van der Waals surface area contributed by atoms with Crippen LogP contribution in [0.5, 0.6) is 0 Å². The minimum Gasteiger partial charge on any atom is -0.350 e. The number of nitrogens with one attached hydrogen (secondary N) is 2. The molecule has 0 aliphatic rings. The molecule has 2 heterocycles. The third kappa shape index (κ3) is 4.59. The Hall–Kier alpha value is -4.60. The van der Waals surface area contributed by atoms with Gasteiger partial charge in [-0.25, -0.2) is 9.97 Å². The van der Waals surface area contributed by atoms with E-state index in [1.54, 1.807) is 12.5 Å². The van der Waals surface area contributed by atoms with Crippen LogP contribution in [0.3, 0.4) is 0 Å². The summed E-state index contributed by atoms with van der Waals surface area (Å²) in [7, 11) is 0. The predicted molar refractivity (Wildman–Crippen MR) is 116 cm³/mol. The maximum Gasteiger partial charge on any atom is 0.270 e. The molecule has 2 N–H and O–H groups in total. The van der Waals surface area contributed by atoms with Crippen molar-refractivity contribution < 1.29 is 14.5 Å². The number of para-hydroxylation sites is 2. The van der Waals surface area contributed by atoms with Gasteiger partial charge >= 0.3 is 0 Å². The van der Waals surface area contributed by atoms with Gasteiger partial charge in [0.2, 0.25) is 5.91 Å². The zero-order chi connectivity index (χ0) is 22.5. The first-order valence-electron chi connectivity index (χ1n) is 9.68. The van der Waals surface area contributed by atoms with Crippen LogP contribution in [-0.2, 0) is 11.3 Å². The lowest BCUT2D eigenvalue weighted by molar-refractivity contribution is -0.384. The summed E-state index contributed by atoms with van der Waals surface area (Å²) >= 11 is 0. The second-order valence-electron chi connectivity index (χ2n) is 6.89. The second kappa shape index (κ2) is 9.04. The molecule has 32 heavy (non-hydrogen) atoms. The Labute approximate surface area is 182 Å². The number of amides is 2. The molecule has 0 fully saturated rings. The van der Waals surface area contributed by atoms with Gasteiger partial charge in [0.15, 0.2) is 0 Å². The zero-order valence-electron chi connectivity index (χ0n) is 16.8. The lowest BCUT2D eigenvalue weighted by Gasteiger charge is -2.08. The highest BCUT2D eigenvalue weighted by atomic mass is 16.6. The number of fused-ring (bicyclic) bond motifs is 1. The van der Waals surface area contributed by atoms with E-state index < -0.39 is 16.7 Å². The standard InChI is InChI=1S/C22H18N6O4/c29-21(13-25-22(30)16-4-3-5-17(10-16)28(31)32)24-12-15-8-9-20(23-11-15)27-14-26-18-6-1-2-7-19(18)27/h1-11,14H,12-13H2,(H,24,29)(H,25,30). The minimum atomic E-state index is -0.585. The van der Waals surface area contributed by atoms with E-state index in [-0.39, 0.29) is 24.3 Å². The molecular weight excluding hydrogens is 412 g/mol. The monoisotopic (exact) mass is 430 g/mol. The highest BCUT2D eigenvalue weighted by Gasteiger charge is 2.12. The fraction of sp³-hybridized carbons (Fsp3) is 0.0909. The number of rotatable bonds is 7. The Balaban J connectivity index is 1.30. The molecule has 160 valence electrons. The number of pyridine rings is 1. The first kappa shape index (κ1) is 20.7. The van der Waals surface area contributed by atoms with E-state index >= 15 is 0 Å². The molecule has 4 rings (SSSR count). The zero-order valence-corrected chi connectivity index (χ0v) is 16.8. The van der Waals surface area contributed by atoms with Gasteiger partial charge in [-0.2, -0.15) is 0 Å².